The largest absolute Gasteiger partial charge is 0.354 e. The van der Waals surface area contributed by atoms with E-state index in [9.17, 15) is 18.4 Å². The minimum atomic E-state index is -0.735. The normalized spacial score (nSPS) is 13.3. The molecule has 5 nitrogen and oxygen atoms in total. The standard InChI is InChI=1S/C23H13BrF2N2O3/c24-19-12(10-11-28-22(29)13-4-1-2-5-14(13)23(28)30)8-9-15-20(27-31-21(15)19)18-16(25)6-3-7-17(18)26/h1-9H,10-11H2. The summed E-state index contributed by atoms with van der Waals surface area (Å²) in [5.74, 6) is -2.12. The lowest BCUT2D eigenvalue weighted by atomic mass is 10.0. The third kappa shape index (κ3) is 3.06. The first-order valence-corrected chi connectivity index (χ1v) is 10.2. The summed E-state index contributed by atoms with van der Waals surface area (Å²) in [7, 11) is 0. The molecule has 4 aromatic rings. The lowest BCUT2D eigenvalue weighted by molar-refractivity contribution is 0.0656. The fourth-order valence-electron chi connectivity index (χ4n) is 3.78. The maximum Gasteiger partial charge on any atom is 0.261 e. The van der Waals surface area contributed by atoms with Crippen LogP contribution < -0.4 is 0 Å². The first-order valence-electron chi connectivity index (χ1n) is 9.43. The summed E-state index contributed by atoms with van der Waals surface area (Å²) < 4.78 is 34.3. The molecule has 1 aliphatic heterocycles. The Morgan fingerprint density at radius 2 is 1.55 bits per heavy atom. The van der Waals surface area contributed by atoms with Gasteiger partial charge in [0.2, 0.25) is 0 Å². The van der Waals surface area contributed by atoms with Gasteiger partial charge in [0.25, 0.3) is 11.8 Å². The number of aromatic nitrogens is 1. The van der Waals surface area contributed by atoms with Crippen molar-refractivity contribution in [2.24, 2.45) is 0 Å². The summed E-state index contributed by atoms with van der Waals surface area (Å²) in [6.07, 6.45) is 0.367. The van der Waals surface area contributed by atoms with Crippen molar-refractivity contribution in [2.75, 3.05) is 6.54 Å². The van der Waals surface area contributed by atoms with E-state index in [0.29, 0.717) is 33.0 Å². The van der Waals surface area contributed by atoms with Crippen molar-refractivity contribution in [1.82, 2.24) is 10.1 Å². The van der Waals surface area contributed by atoms with Crippen LogP contribution in [0.1, 0.15) is 26.3 Å². The summed E-state index contributed by atoms with van der Waals surface area (Å²) in [5.41, 5.74) is 1.70. The molecule has 8 heteroatoms. The number of hydrogen-bond acceptors (Lipinski definition) is 4. The van der Waals surface area contributed by atoms with Crippen molar-refractivity contribution in [1.29, 1.82) is 0 Å². The van der Waals surface area contributed by atoms with Gasteiger partial charge in [-0.15, -0.1) is 0 Å². The highest BCUT2D eigenvalue weighted by molar-refractivity contribution is 9.10. The second-order valence-electron chi connectivity index (χ2n) is 7.10. The van der Waals surface area contributed by atoms with E-state index in [2.05, 4.69) is 21.1 Å². The van der Waals surface area contributed by atoms with Crippen LogP contribution in [0.25, 0.3) is 22.2 Å². The molecule has 154 valence electrons. The predicted molar refractivity (Wildman–Crippen MR) is 113 cm³/mol. The van der Waals surface area contributed by atoms with Crippen LogP contribution in [-0.4, -0.2) is 28.4 Å². The van der Waals surface area contributed by atoms with Gasteiger partial charge >= 0.3 is 0 Å². The van der Waals surface area contributed by atoms with Gasteiger partial charge in [-0.2, -0.15) is 0 Å². The van der Waals surface area contributed by atoms with Gasteiger partial charge in [0.15, 0.2) is 5.58 Å². The zero-order valence-electron chi connectivity index (χ0n) is 15.9. The number of benzene rings is 3. The molecule has 2 amide bonds. The van der Waals surface area contributed by atoms with E-state index in [1.165, 1.54) is 11.0 Å². The Morgan fingerprint density at radius 1 is 0.903 bits per heavy atom. The number of nitrogens with zero attached hydrogens (tertiary/aromatic N) is 2. The molecule has 3 aromatic carbocycles. The van der Waals surface area contributed by atoms with Crippen molar-refractivity contribution < 1.29 is 22.9 Å². The molecule has 5 rings (SSSR count). The number of halogens is 3. The molecule has 31 heavy (non-hydrogen) atoms. The molecule has 0 aliphatic carbocycles. The van der Waals surface area contributed by atoms with Crippen LogP contribution in [0.15, 0.2) is 63.6 Å². The van der Waals surface area contributed by atoms with Crippen LogP contribution in [-0.2, 0) is 6.42 Å². The van der Waals surface area contributed by atoms with Crippen LogP contribution in [0, 0.1) is 11.6 Å². The van der Waals surface area contributed by atoms with E-state index in [1.807, 2.05) is 0 Å². The molecule has 0 spiro atoms. The van der Waals surface area contributed by atoms with Crippen LogP contribution in [0.3, 0.4) is 0 Å². The highest BCUT2D eigenvalue weighted by Gasteiger charge is 2.34. The fourth-order valence-corrected chi connectivity index (χ4v) is 4.40. The van der Waals surface area contributed by atoms with Crippen LogP contribution in [0.5, 0.6) is 0 Å². The van der Waals surface area contributed by atoms with Gasteiger partial charge in [-0.05, 0) is 58.2 Å². The zero-order chi connectivity index (χ0) is 21.7. The maximum atomic E-state index is 14.2. The highest BCUT2D eigenvalue weighted by Crippen LogP contribution is 2.36. The number of rotatable bonds is 4. The molecule has 1 aromatic heterocycles. The van der Waals surface area contributed by atoms with Gasteiger partial charge in [0.1, 0.15) is 17.3 Å². The van der Waals surface area contributed by atoms with E-state index in [0.717, 1.165) is 17.7 Å². The van der Waals surface area contributed by atoms with Gasteiger partial charge in [-0.25, -0.2) is 8.78 Å². The Hall–Kier alpha value is -3.39. The second kappa shape index (κ2) is 7.39. The third-order valence-corrected chi connectivity index (χ3v) is 6.21. The molecule has 0 saturated carbocycles. The maximum absolute atomic E-state index is 14.2. The Bertz CT molecular complexity index is 1330. The minimum Gasteiger partial charge on any atom is -0.354 e. The number of amides is 2. The monoisotopic (exact) mass is 482 g/mol. The van der Waals surface area contributed by atoms with E-state index in [4.69, 9.17) is 4.52 Å². The number of fused-ring (bicyclic) bond motifs is 2. The Balaban J connectivity index is 1.45. The Morgan fingerprint density at radius 3 is 2.19 bits per heavy atom. The SMILES string of the molecule is O=C1c2ccccc2C(=O)N1CCc1ccc2c(-c3c(F)cccc3F)noc2c1Br. The number of carbonyl (C=O) groups excluding carboxylic acids is 2. The Kier molecular flexibility index (Phi) is 4.66. The predicted octanol–water partition coefficient (Wildman–Crippen LogP) is 5.37. The third-order valence-electron chi connectivity index (χ3n) is 5.34. The first kappa shape index (κ1) is 19.6. The second-order valence-corrected chi connectivity index (χ2v) is 7.89. The van der Waals surface area contributed by atoms with E-state index < -0.39 is 11.6 Å². The van der Waals surface area contributed by atoms with Gasteiger partial charge < -0.3 is 4.52 Å². The summed E-state index contributed by atoms with van der Waals surface area (Å²) in [5, 5.41) is 4.32. The summed E-state index contributed by atoms with van der Waals surface area (Å²) in [6, 6.07) is 13.7. The average Bonchev–Trinajstić information content (AvgIpc) is 3.28. The molecular weight excluding hydrogens is 470 g/mol. The molecule has 0 fully saturated rings. The quantitative estimate of drug-likeness (QED) is 0.366. The molecule has 2 heterocycles. The molecule has 0 radical (unpaired) electrons. The summed E-state index contributed by atoms with van der Waals surface area (Å²) in [6.45, 7) is 0.180. The van der Waals surface area contributed by atoms with Crippen LogP contribution in [0.2, 0.25) is 0 Å². The molecule has 1 aliphatic rings. The lowest BCUT2D eigenvalue weighted by Crippen LogP contribution is -2.31. The fraction of sp³-hybridized carbons (Fsp3) is 0.0870. The zero-order valence-corrected chi connectivity index (χ0v) is 17.4. The summed E-state index contributed by atoms with van der Waals surface area (Å²) in [4.78, 5) is 26.3. The van der Waals surface area contributed by atoms with Crippen molar-refractivity contribution in [3.8, 4) is 11.3 Å². The smallest absolute Gasteiger partial charge is 0.261 e. The van der Waals surface area contributed by atoms with Crippen molar-refractivity contribution in [2.45, 2.75) is 6.42 Å². The molecule has 0 atom stereocenters. The summed E-state index contributed by atoms with van der Waals surface area (Å²) >= 11 is 3.46. The molecule has 0 unspecified atom stereocenters. The van der Waals surface area contributed by atoms with Crippen molar-refractivity contribution >= 4 is 38.7 Å². The number of carbonyl (C=O) groups is 2. The molecular formula is C23H13BrF2N2O3. The topological polar surface area (TPSA) is 63.4 Å². The van der Waals surface area contributed by atoms with Gasteiger partial charge in [-0.3, -0.25) is 14.5 Å². The molecule has 0 saturated heterocycles. The average molecular weight is 483 g/mol. The lowest BCUT2D eigenvalue weighted by Gasteiger charge is -2.14. The van der Waals surface area contributed by atoms with Gasteiger partial charge in [-0.1, -0.05) is 29.4 Å². The highest BCUT2D eigenvalue weighted by atomic mass is 79.9. The number of imide groups is 1. The van der Waals surface area contributed by atoms with Crippen molar-refractivity contribution in [3.63, 3.8) is 0 Å². The van der Waals surface area contributed by atoms with Crippen LogP contribution >= 0.6 is 15.9 Å². The van der Waals surface area contributed by atoms with Crippen LogP contribution in [0.4, 0.5) is 8.78 Å². The van der Waals surface area contributed by atoms with E-state index in [1.54, 1.807) is 36.4 Å². The van der Waals surface area contributed by atoms with Gasteiger partial charge in [0.05, 0.1) is 26.5 Å². The Labute approximate surface area is 183 Å². The van der Waals surface area contributed by atoms with Crippen molar-refractivity contribution in [3.05, 3.63) is 87.4 Å². The number of hydrogen-bond donors (Lipinski definition) is 0. The minimum absolute atomic E-state index is 0.0678. The molecule has 0 N–H and O–H groups in total. The first-order chi connectivity index (χ1) is 15.0. The molecule has 0 bridgehead atoms. The van der Waals surface area contributed by atoms with E-state index in [-0.39, 0.29) is 29.6 Å². The van der Waals surface area contributed by atoms with Gasteiger partial charge in [0, 0.05) is 6.54 Å². The van der Waals surface area contributed by atoms with E-state index >= 15 is 0 Å².